The molecule has 0 N–H and O–H groups in total. The maximum atomic E-state index is 15.5. The van der Waals surface area contributed by atoms with E-state index >= 15 is 8.78 Å². The van der Waals surface area contributed by atoms with Gasteiger partial charge < -0.3 is 47.7 Å². The lowest BCUT2D eigenvalue weighted by Crippen LogP contribution is -2.40. The highest BCUT2D eigenvalue weighted by molar-refractivity contribution is 8.08. The Hall–Kier alpha value is -4.77. The molecule has 3 aliphatic heterocycles. The first-order valence-electron chi connectivity index (χ1n) is 21.0. The molecule has 20 heteroatoms. The lowest BCUT2D eigenvalue weighted by molar-refractivity contribution is -0.122. The number of benzene rings is 3. The number of halogens is 2. The molecule has 0 saturated carbocycles. The molecule has 4 amide bonds. The molecule has 0 atom stereocenters. The van der Waals surface area contributed by atoms with E-state index in [9.17, 15) is 24.0 Å². The number of carbonyl (C=O) groups excluding carboxylic acids is 5. The van der Waals surface area contributed by atoms with E-state index in [0.717, 1.165) is 35.7 Å². The molecule has 65 heavy (non-hydrogen) atoms. The minimum atomic E-state index is -1.13. The number of Topliss-reactive ketones (excluding diaryl/α,β-unsaturated/α-hetero) is 1. The van der Waals surface area contributed by atoms with Gasteiger partial charge in [-0.05, 0) is 55.5 Å². The second-order valence-electron chi connectivity index (χ2n) is 14.5. The summed E-state index contributed by atoms with van der Waals surface area (Å²) in [4.78, 5) is 70.4. The molecule has 16 nitrogen and oxygen atoms in total. The van der Waals surface area contributed by atoms with E-state index in [0.29, 0.717) is 118 Å². The molecule has 0 radical (unpaired) electrons. The smallest absolute Gasteiger partial charge is 0.273 e. The Labute approximate surface area is 383 Å². The molecule has 350 valence electrons. The molecular formula is C45H51F2N3O13S2. The molecule has 3 heterocycles. The molecule has 3 aromatic carbocycles. The van der Waals surface area contributed by atoms with Crippen molar-refractivity contribution in [1.82, 2.24) is 9.80 Å². The number of thioether (sulfide) groups is 2. The highest BCUT2D eigenvalue weighted by Gasteiger charge is 2.41. The van der Waals surface area contributed by atoms with Crippen LogP contribution in [0, 0.1) is 11.6 Å². The van der Waals surface area contributed by atoms with Gasteiger partial charge >= 0.3 is 0 Å². The van der Waals surface area contributed by atoms with Crippen LogP contribution in [0.2, 0.25) is 0 Å². The van der Waals surface area contributed by atoms with E-state index in [1.807, 2.05) is 0 Å². The summed E-state index contributed by atoms with van der Waals surface area (Å²) >= 11 is 1.97. The van der Waals surface area contributed by atoms with Gasteiger partial charge in [-0.25, -0.2) is 13.7 Å². The fourth-order valence-corrected chi connectivity index (χ4v) is 8.46. The SMILES string of the molecule is CC(=O)COCCOCCOCCOCCOCCOc1c(F)cc(N2C(=O)C(Sc3ccc(C(=O)N4CCOCC4)cc3)=C(Sc3ccc(C(=O)N4CCOCC4)cc3)C2=O)cc1F. The minimum absolute atomic E-state index is 0.00530. The van der Waals surface area contributed by atoms with Crippen LogP contribution in [0.1, 0.15) is 27.6 Å². The third kappa shape index (κ3) is 14.6. The molecule has 3 aromatic rings. The molecule has 0 bridgehead atoms. The molecule has 2 saturated heterocycles. The van der Waals surface area contributed by atoms with E-state index in [-0.39, 0.29) is 66.1 Å². The number of hydrogen-bond donors (Lipinski definition) is 0. The number of hydrogen-bond acceptors (Lipinski definition) is 15. The van der Waals surface area contributed by atoms with Crippen molar-refractivity contribution in [1.29, 1.82) is 0 Å². The zero-order chi connectivity index (χ0) is 46.0. The quantitative estimate of drug-likeness (QED) is 0.0851. The number of ether oxygens (including phenoxy) is 8. The van der Waals surface area contributed by atoms with E-state index in [1.54, 1.807) is 58.3 Å². The summed E-state index contributed by atoms with van der Waals surface area (Å²) in [5.74, 6) is -4.94. The van der Waals surface area contributed by atoms with Gasteiger partial charge in [-0.1, -0.05) is 23.5 Å². The van der Waals surface area contributed by atoms with Crippen LogP contribution in [-0.4, -0.2) is 164 Å². The Kier molecular flexibility index (Phi) is 19.7. The Morgan fingerprint density at radius 1 is 0.569 bits per heavy atom. The average molecular weight is 944 g/mol. The van der Waals surface area contributed by atoms with E-state index in [4.69, 9.17) is 37.9 Å². The first kappa shape index (κ1) is 49.7. The summed E-state index contributed by atoms with van der Waals surface area (Å²) in [5.41, 5.74) is 0.548. The third-order valence-corrected chi connectivity index (χ3v) is 12.1. The highest BCUT2D eigenvalue weighted by atomic mass is 32.2. The van der Waals surface area contributed by atoms with Gasteiger partial charge in [0.15, 0.2) is 23.2 Å². The topological polar surface area (TPSA) is 169 Å². The van der Waals surface area contributed by atoms with E-state index < -0.39 is 29.2 Å². The second-order valence-corrected chi connectivity index (χ2v) is 16.6. The summed E-state index contributed by atoms with van der Waals surface area (Å²) in [6.07, 6.45) is 0. The number of morpholine rings is 2. The van der Waals surface area contributed by atoms with Crippen LogP contribution in [0.15, 0.2) is 80.3 Å². The standard InChI is InChI=1S/C45H51F2N3O13S2/c1-31(51)30-62-25-24-60-21-20-58-18-19-59-22-23-61-26-27-63-39-37(46)28-34(29-38(39)47)50-44(54)40(64-35-6-2-32(3-7-35)42(52)48-10-14-56-15-11-48)41(45(50)55)65-36-8-4-33(5-9-36)43(53)49-12-16-57-17-13-49/h2-9,28-29H,10-27,30H2,1H3. The van der Waals surface area contributed by atoms with Crippen LogP contribution >= 0.6 is 23.5 Å². The number of amides is 4. The van der Waals surface area contributed by atoms with Crippen molar-refractivity contribution in [3.05, 3.63) is 93.2 Å². The normalized spacial score (nSPS) is 15.6. The van der Waals surface area contributed by atoms with Crippen LogP contribution in [0.4, 0.5) is 14.5 Å². The molecule has 0 unspecified atom stereocenters. The molecule has 0 aromatic heterocycles. The van der Waals surface area contributed by atoms with Crippen molar-refractivity contribution in [2.45, 2.75) is 16.7 Å². The Bertz CT molecular complexity index is 2010. The second kappa shape index (κ2) is 25.8. The van der Waals surface area contributed by atoms with Crippen LogP contribution in [0.25, 0.3) is 0 Å². The Morgan fingerprint density at radius 2 is 0.938 bits per heavy atom. The Balaban J connectivity index is 1.03. The van der Waals surface area contributed by atoms with Gasteiger partial charge in [0, 0.05) is 59.2 Å². The minimum Gasteiger partial charge on any atom is -0.485 e. The molecule has 3 aliphatic rings. The van der Waals surface area contributed by atoms with E-state index in [2.05, 4.69) is 0 Å². The lowest BCUT2D eigenvalue weighted by atomic mass is 10.2. The van der Waals surface area contributed by atoms with Crippen LogP contribution < -0.4 is 9.64 Å². The summed E-state index contributed by atoms with van der Waals surface area (Å²) in [7, 11) is 0. The summed E-state index contributed by atoms with van der Waals surface area (Å²) < 4.78 is 73.8. The number of rotatable bonds is 25. The molecule has 0 aliphatic carbocycles. The zero-order valence-electron chi connectivity index (χ0n) is 35.9. The Morgan fingerprint density at radius 3 is 1.32 bits per heavy atom. The fourth-order valence-electron chi connectivity index (χ4n) is 6.48. The average Bonchev–Trinajstić information content (AvgIpc) is 3.54. The van der Waals surface area contributed by atoms with Gasteiger partial charge in [0.05, 0.1) is 101 Å². The van der Waals surface area contributed by atoms with Crippen molar-refractivity contribution < 1.29 is 70.6 Å². The monoisotopic (exact) mass is 943 g/mol. The lowest BCUT2D eigenvalue weighted by Gasteiger charge is -2.26. The number of nitrogens with zero attached hydrogens (tertiary/aromatic N) is 3. The van der Waals surface area contributed by atoms with Crippen molar-refractivity contribution in [3.63, 3.8) is 0 Å². The van der Waals surface area contributed by atoms with E-state index in [1.165, 1.54) is 6.92 Å². The predicted molar refractivity (Wildman–Crippen MR) is 234 cm³/mol. The summed E-state index contributed by atoms with van der Waals surface area (Å²) in [6, 6.07) is 14.9. The van der Waals surface area contributed by atoms with Crippen molar-refractivity contribution in [2.24, 2.45) is 0 Å². The van der Waals surface area contributed by atoms with Crippen molar-refractivity contribution >= 4 is 58.6 Å². The molecule has 6 rings (SSSR count). The predicted octanol–water partition coefficient (Wildman–Crippen LogP) is 4.63. The van der Waals surface area contributed by atoms with Gasteiger partial charge in [-0.15, -0.1) is 0 Å². The largest absolute Gasteiger partial charge is 0.485 e. The molecular weight excluding hydrogens is 893 g/mol. The van der Waals surface area contributed by atoms with Crippen LogP contribution in [-0.2, 0) is 47.5 Å². The van der Waals surface area contributed by atoms with Gasteiger partial charge in [-0.3, -0.25) is 24.0 Å². The number of imide groups is 1. The molecule has 2 fully saturated rings. The molecule has 0 spiro atoms. The van der Waals surface area contributed by atoms with Gasteiger partial charge in [-0.2, -0.15) is 0 Å². The van der Waals surface area contributed by atoms with Crippen molar-refractivity contribution in [2.75, 3.05) is 130 Å². The number of anilines is 1. The third-order valence-electron chi connectivity index (χ3n) is 9.75. The number of carbonyl (C=O) groups is 5. The zero-order valence-corrected chi connectivity index (χ0v) is 37.6. The highest BCUT2D eigenvalue weighted by Crippen LogP contribution is 2.44. The van der Waals surface area contributed by atoms with Crippen LogP contribution in [0.3, 0.4) is 0 Å². The maximum Gasteiger partial charge on any atom is 0.273 e. The van der Waals surface area contributed by atoms with Crippen LogP contribution in [0.5, 0.6) is 5.75 Å². The summed E-state index contributed by atoms with van der Waals surface area (Å²) in [5, 5.41) is 0. The van der Waals surface area contributed by atoms with Gasteiger partial charge in [0.25, 0.3) is 23.6 Å². The van der Waals surface area contributed by atoms with Gasteiger partial charge in [0.1, 0.15) is 13.2 Å². The maximum absolute atomic E-state index is 15.5. The van der Waals surface area contributed by atoms with Crippen molar-refractivity contribution in [3.8, 4) is 5.75 Å². The number of ketones is 1. The fraction of sp³-hybridized carbons (Fsp3) is 0.444. The summed E-state index contributed by atoms with van der Waals surface area (Å²) in [6.45, 7) is 7.50. The first-order chi connectivity index (χ1) is 31.6. The first-order valence-corrected chi connectivity index (χ1v) is 22.7. The van der Waals surface area contributed by atoms with Gasteiger partial charge in [0.2, 0.25) is 0 Å².